The molecule has 57 heavy (non-hydrogen) atoms. The summed E-state index contributed by atoms with van der Waals surface area (Å²) in [6, 6.07) is 51.7. The van der Waals surface area contributed by atoms with Crippen molar-refractivity contribution in [3.05, 3.63) is 174 Å². The molecule has 0 bridgehead atoms. The number of nitrogens with zero attached hydrogens (tertiary/aromatic N) is 3. The number of imidazole rings is 1. The molecule has 0 atom stereocenters. The second kappa shape index (κ2) is 16.9. The molecule has 9 rings (SSSR count). The van der Waals surface area contributed by atoms with E-state index in [0.29, 0.717) is 23.1 Å². The molecule has 0 aliphatic rings. The Morgan fingerprint density at radius 3 is 2.12 bits per heavy atom. The summed E-state index contributed by atoms with van der Waals surface area (Å²) in [5.74, 6) is 0.551. The second-order valence-corrected chi connectivity index (χ2v) is 15.0. The van der Waals surface area contributed by atoms with Gasteiger partial charge in [0, 0.05) is 42.9 Å². The summed E-state index contributed by atoms with van der Waals surface area (Å²) in [6.07, 6.45) is 1.36. The Labute approximate surface area is 355 Å². The van der Waals surface area contributed by atoms with Crippen molar-refractivity contribution < 1.29 is 30.0 Å². The molecule has 0 aliphatic heterocycles. The number of fused-ring (bicyclic) bond motifs is 4. The van der Waals surface area contributed by atoms with Gasteiger partial charge in [0.1, 0.15) is 5.58 Å². The van der Waals surface area contributed by atoms with Gasteiger partial charge in [-0.05, 0) is 81.9 Å². The van der Waals surface area contributed by atoms with E-state index in [4.69, 9.17) is 14.9 Å². The average Bonchev–Trinajstić information content (AvgIpc) is 3.82. The summed E-state index contributed by atoms with van der Waals surface area (Å²) in [6.45, 7) is 10.1. The van der Waals surface area contributed by atoms with Crippen LogP contribution < -0.4 is 0 Å². The molecule has 0 aliphatic carbocycles. The fourth-order valence-corrected chi connectivity index (χ4v) is 7.48. The Morgan fingerprint density at radius 2 is 1.42 bits per heavy atom. The molecule has 0 spiro atoms. The SMILES string of the molecule is CC(C)c1cccc(C(C)C)c1-n1c(-c2[c-]ccc3c2oc2cc(-c4ccccc4)ccc23)nc2ccccc21.[2H]C([2H])([2H])c1cnc(-c2[c-]cccc2)cc1C([2H])(C)C.[Ir]. The summed E-state index contributed by atoms with van der Waals surface area (Å²) in [5, 5.41) is 2.17. The van der Waals surface area contributed by atoms with Crippen molar-refractivity contribution in [2.24, 2.45) is 0 Å². The maximum Gasteiger partial charge on any atom is 0.121 e. The third-order valence-electron chi connectivity index (χ3n) is 10.3. The summed E-state index contributed by atoms with van der Waals surface area (Å²) in [7, 11) is 0. The largest absolute Gasteiger partial charge is 0.501 e. The third-order valence-corrected chi connectivity index (χ3v) is 10.3. The molecule has 4 nitrogen and oxygen atoms in total. The fraction of sp³-hybridized carbons (Fsp3) is 0.192. The molecule has 0 saturated heterocycles. The van der Waals surface area contributed by atoms with Gasteiger partial charge in [0.2, 0.25) is 0 Å². The summed E-state index contributed by atoms with van der Waals surface area (Å²) in [4.78, 5) is 9.43. The molecule has 0 amide bonds. The molecule has 6 aromatic carbocycles. The molecule has 9 aromatic rings. The van der Waals surface area contributed by atoms with E-state index < -0.39 is 12.7 Å². The number of aromatic nitrogens is 3. The van der Waals surface area contributed by atoms with Crippen molar-refractivity contribution in [3.63, 3.8) is 0 Å². The van der Waals surface area contributed by atoms with Gasteiger partial charge < -0.3 is 14.0 Å². The van der Waals surface area contributed by atoms with Gasteiger partial charge in [-0.3, -0.25) is 4.98 Å². The Bertz CT molecular complexity index is 2940. The molecule has 0 N–H and O–H groups in total. The van der Waals surface area contributed by atoms with Gasteiger partial charge in [-0.15, -0.1) is 54.1 Å². The van der Waals surface area contributed by atoms with E-state index in [1.807, 2.05) is 30.3 Å². The quantitative estimate of drug-likeness (QED) is 0.150. The van der Waals surface area contributed by atoms with Gasteiger partial charge >= 0.3 is 0 Å². The summed E-state index contributed by atoms with van der Waals surface area (Å²) >= 11 is 0. The number of aryl methyl sites for hydroxylation is 1. The van der Waals surface area contributed by atoms with Crippen molar-refractivity contribution in [2.75, 3.05) is 0 Å². The molecule has 0 unspecified atom stereocenters. The van der Waals surface area contributed by atoms with Crippen LogP contribution in [0.15, 0.2) is 144 Å². The van der Waals surface area contributed by atoms with Crippen molar-refractivity contribution in [1.29, 1.82) is 0 Å². The second-order valence-electron chi connectivity index (χ2n) is 15.0. The number of hydrogen-bond donors (Lipinski definition) is 0. The number of benzene rings is 6. The first-order valence-electron chi connectivity index (χ1n) is 21.2. The van der Waals surface area contributed by atoms with Gasteiger partial charge in [0.15, 0.2) is 0 Å². The minimum Gasteiger partial charge on any atom is -0.501 e. The third kappa shape index (κ3) is 7.75. The van der Waals surface area contributed by atoms with Crippen LogP contribution in [0.5, 0.6) is 0 Å². The van der Waals surface area contributed by atoms with E-state index >= 15 is 0 Å². The zero-order valence-corrected chi connectivity index (χ0v) is 35.4. The Kier molecular flexibility index (Phi) is 10.2. The number of hydrogen-bond acceptors (Lipinski definition) is 3. The van der Waals surface area contributed by atoms with Crippen LogP contribution in [0.2, 0.25) is 0 Å². The molecule has 3 heterocycles. The van der Waals surface area contributed by atoms with Crippen molar-refractivity contribution in [2.45, 2.75) is 66.1 Å². The van der Waals surface area contributed by atoms with Crippen LogP contribution in [-0.2, 0) is 20.1 Å². The van der Waals surface area contributed by atoms with Crippen LogP contribution in [0.1, 0.15) is 87.0 Å². The average molecular weight is 926 g/mol. The van der Waals surface area contributed by atoms with Gasteiger partial charge in [-0.25, -0.2) is 0 Å². The van der Waals surface area contributed by atoms with Crippen molar-refractivity contribution >= 4 is 33.0 Å². The summed E-state index contributed by atoms with van der Waals surface area (Å²) in [5.41, 5.74) is 12.8. The van der Waals surface area contributed by atoms with Crippen LogP contribution in [0.25, 0.3) is 72.4 Å². The number of furan rings is 1. The zero-order chi connectivity index (χ0) is 42.3. The minimum absolute atomic E-state index is 0. The Balaban J connectivity index is 0.000000226. The predicted octanol–water partition coefficient (Wildman–Crippen LogP) is 14.3. The van der Waals surface area contributed by atoms with Crippen LogP contribution in [-0.4, -0.2) is 14.5 Å². The molecule has 287 valence electrons. The predicted molar refractivity (Wildman–Crippen MR) is 234 cm³/mol. The number of pyridine rings is 1. The minimum atomic E-state index is -2.26. The Hall–Kier alpha value is -5.61. The maximum absolute atomic E-state index is 8.16. The molecular formula is C52H47IrN3O-2. The topological polar surface area (TPSA) is 43.9 Å². The molecular weight excluding hydrogens is 875 g/mol. The number of rotatable bonds is 7. The molecule has 1 radical (unpaired) electrons. The number of para-hydroxylation sites is 3. The van der Waals surface area contributed by atoms with E-state index in [1.165, 1.54) is 28.6 Å². The first kappa shape index (κ1) is 34.6. The van der Waals surface area contributed by atoms with Gasteiger partial charge in [0.25, 0.3) is 0 Å². The first-order valence-corrected chi connectivity index (χ1v) is 19.2. The Morgan fingerprint density at radius 1 is 0.684 bits per heavy atom. The maximum atomic E-state index is 8.16. The van der Waals surface area contributed by atoms with Crippen LogP contribution in [0.4, 0.5) is 0 Å². The smallest absolute Gasteiger partial charge is 0.121 e. The van der Waals surface area contributed by atoms with Crippen LogP contribution in [0, 0.1) is 19.0 Å². The van der Waals surface area contributed by atoms with Gasteiger partial charge in [-0.2, -0.15) is 0 Å². The molecule has 0 saturated carbocycles. The van der Waals surface area contributed by atoms with Crippen LogP contribution >= 0.6 is 0 Å². The zero-order valence-electron chi connectivity index (χ0n) is 37.0. The van der Waals surface area contributed by atoms with Gasteiger partial charge in [0.05, 0.1) is 22.4 Å². The van der Waals surface area contributed by atoms with Crippen LogP contribution in [0.3, 0.4) is 0 Å². The first-order chi connectivity index (χ1) is 28.7. The standard InChI is InChI=1S/C37H31N2O.C15H16N.Ir/c1-23(2)27-14-10-15-28(24(3)4)35(27)39-33-19-9-8-18-32(33)38-37(39)31-17-11-16-30-29-21-20-26(22-34(29)40-36(30)31)25-12-6-5-7-13-25;1-11(2)14-9-15(16-10-12(14)3)13-7-5-4-6-8-13;/h5-16,18-24H,1-4H3;4-7,9-11H,1-3H3;/q2*-1;/i;3D3,11D;. The normalized spacial score (nSPS) is 12.8. The molecule has 5 heteroatoms. The van der Waals surface area contributed by atoms with E-state index in [2.05, 4.69) is 140 Å². The van der Waals surface area contributed by atoms with Crippen molar-refractivity contribution in [1.82, 2.24) is 14.5 Å². The van der Waals surface area contributed by atoms with E-state index in [1.54, 1.807) is 26.0 Å². The van der Waals surface area contributed by atoms with Crippen molar-refractivity contribution in [3.8, 4) is 39.5 Å². The summed E-state index contributed by atoms with van der Waals surface area (Å²) < 4.78 is 39.9. The fourth-order valence-electron chi connectivity index (χ4n) is 7.48. The van der Waals surface area contributed by atoms with E-state index in [-0.39, 0.29) is 25.7 Å². The monoisotopic (exact) mass is 926 g/mol. The molecule has 3 aromatic heterocycles. The van der Waals surface area contributed by atoms with E-state index in [9.17, 15) is 0 Å². The van der Waals surface area contributed by atoms with E-state index in [0.717, 1.165) is 55.5 Å². The van der Waals surface area contributed by atoms with Gasteiger partial charge in [-0.1, -0.05) is 131 Å². The molecule has 0 fully saturated rings.